The van der Waals surface area contributed by atoms with E-state index in [4.69, 9.17) is 11.6 Å². The van der Waals surface area contributed by atoms with Crippen molar-refractivity contribution >= 4 is 17.6 Å². The van der Waals surface area contributed by atoms with Crippen LogP contribution in [0.2, 0.25) is 5.02 Å². The molecule has 0 bridgehead atoms. The largest absolute Gasteiger partial charge is 0.468 e. The molecule has 0 atom stereocenters. The molecule has 1 rings (SSSR count). The lowest BCUT2D eigenvalue weighted by Crippen LogP contribution is -2.31. The zero-order chi connectivity index (χ0) is 11.6. The highest BCUT2D eigenvalue weighted by molar-refractivity contribution is 6.30. The molecule has 0 aromatic heterocycles. The fourth-order valence-electron chi connectivity index (χ4n) is 1.34. The van der Waals surface area contributed by atoms with E-state index in [-0.39, 0.29) is 5.56 Å². The molecule has 0 aliphatic rings. The fourth-order valence-corrected chi connectivity index (χ4v) is 1.51. The van der Waals surface area contributed by atoms with E-state index in [1.54, 1.807) is 13.8 Å². The first-order valence-corrected chi connectivity index (χ1v) is 4.81. The number of benzene rings is 1. The van der Waals surface area contributed by atoms with Gasteiger partial charge in [-0.2, -0.15) is 0 Å². The van der Waals surface area contributed by atoms with Crippen molar-refractivity contribution in [3.63, 3.8) is 0 Å². The summed E-state index contributed by atoms with van der Waals surface area (Å²) in [6, 6.07) is 4.11. The lowest BCUT2D eigenvalue weighted by atomic mass is 9.84. The van der Waals surface area contributed by atoms with Crippen molar-refractivity contribution in [2.45, 2.75) is 19.3 Å². The summed E-state index contributed by atoms with van der Waals surface area (Å²) >= 11 is 5.75. The van der Waals surface area contributed by atoms with E-state index in [9.17, 15) is 9.18 Å². The predicted molar refractivity (Wildman–Crippen MR) is 56.5 cm³/mol. The molecule has 82 valence electrons. The Labute approximate surface area is 93.0 Å². The van der Waals surface area contributed by atoms with E-state index >= 15 is 0 Å². The number of ether oxygens (including phenoxy) is 1. The van der Waals surface area contributed by atoms with Crippen molar-refractivity contribution in [3.05, 3.63) is 34.6 Å². The molecule has 1 aromatic carbocycles. The predicted octanol–water partition coefficient (Wildman–Crippen LogP) is 2.93. The van der Waals surface area contributed by atoms with Crippen LogP contribution in [0.3, 0.4) is 0 Å². The molecular formula is C11H12ClFO2. The van der Waals surface area contributed by atoms with Gasteiger partial charge >= 0.3 is 5.97 Å². The van der Waals surface area contributed by atoms with Crippen LogP contribution in [0.25, 0.3) is 0 Å². The molecule has 0 fully saturated rings. The molecule has 0 saturated heterocycles. The third kappa shape index (κ3) is 2.29. The average molecular weight is 231 g/mol. The summed E-state index contributed by atoms with van der Waals surface area (Å²) in [4.78, 5) is 11.5. The van der Waals surface area contributed by atoms with E-state index in [1.165, 1.54) is 25.3 Å². The van der Waals surface area contributed by atoms with Crippen LogP contribution in [-0.4, -0.2) is 13.1 Å². The van der Waals surface area contributed by atoms with Gasteiger partial charge in [0.25, 0.3) is 0 Å². The summed E-state index contributed by atoms with van der Waals surface area (Å²) in [6.07, 6.45) is 0. The zero-order valence-electron chi connectivity index (χ0n) is 8.80. The molecule has 1 aromatic rings. The van der Waals surface area contributed by atoms with Gasteiger partial charge in [0, 0.05) is 10.6 Å². The van der Waals surface area contributed by atoms with Crippen LogP contribution in [0.5, 0.6) is 0 Å². The van der Waals surface area contributed by atoms with Gasteiger partial charge in [-0.15, -0.1) is 0 Å². The van der Waals surface area contributed by atoms with Gasteiger partial charge in [0.05, 0.1) is 12.5 Å². The Morgan fingerprint density at radius 2 is 2.07 bits per heavy atom. The van der Waals surface area contributed by atoms with Crippen molar-refractivity contribution in [1.82, 2.24) is 0 Å². The van der Waals surface area contributed by atoms with Gasteiger partial charge in [-0.1, -0.05) is 11.6 Å². The van der Waals surface area contributed by atoms with Crippen molar-refractivity contribution in [3.8, 4) is 0 Å². The third-order valence-corrected chi connectivity index (χ3v) is 2.53. The Morgan fingerprint density at radius 1 is 1.47 bits per heavy atom. The summed E-state index contributed by atoms with van der Waals surface area (Å²) in [5.74, 6) is -0.960. The van der Waals surface area contributed by atoms with Gasteiger partial charge < -0.3 is 4.74 Å². The molecule has 0 amide bonds. The highest BCUT2D eigenvalue weighted by Gasteiger charge is 2.33. The van der Waals surface area contributed by atoms with E-state index in [0.29, 0.717) is 5.02 Å². The van der Waals surface area contributed by atoms with Crippen molar-refractivity contribution in [1.29, 1.82) is 0 Å². The Bertz CT molecular complexity index is 388. The molecule has 0 N–H and O–H groups in total. The maximum absolute atomic E-state index is 13.5. The molecule has 0 aliphatic carbocycles. The van der Waals surface area contributed by atoms with Gasteiger partial charge in [-0.05, 0) is 32.0 Å². The van der Waals surface area contributed by atoms with Crippen LogP contribution in [0, 0.1) is 5.82 Å². The lowest BCUT2D eigenvalue weighted by molar-refractivity contribution is -0.146. The lowest BCUT2D eigenvalue weighted by Gasteiger charge is -2.22. The molecule has 0 heterocycles. The van der Waals surface area contributed by atoms with E-state index < -0.39 is 17.2 Å². The Hall–Kier alpha value is -1.09. The van der Waals surface area contributed by atoms with Crippen LogP contribution in [0.15, 0.2) is 18.2 Å². The number of rotatable bonds is 2. The Balaban J connectivity index is 3.25. The quantitative estimate of drug-likeness (QED) is 0.731. The number of hydrogen-bond acceptors (Lipinski definition) is 2. The molecular weight excluding hydrogens is 219 g/mol. The SMILES string of the molecule is COC(=O)C(C)(C)c1cc(Cl)ccc1F. The van der Waals surface area contributed by atoms with Gasteiger partial charge in [-0.3, -0.25) is 4.79 Å². The van der Waals surface area contributed by atoms with Crippen LogP contribution in [0.4, 0.5) is 4.39 Å². The van der Waals surface area contributed by atoms with E-state index in [1.807, 2.05) is 0 Å². The van der Waals surface area contributed by atoms with Crippen molar-refractivity contribution in [2.75, 3.05) is 7.11 Å². The second kappa shape index (κ2) is 4.19. The Morgan fingerprint density at radius 3 is 2.60 bits per heavy atom. The second-order valence-corrected chi connectivity index (χ2v) is 4.18. The topological polar surface area (TPSA) is 26.3 Å². The van der Waals surface area contributed by atoms with Crippen molar-refractivity contribution in [2.24, 2.45) is 0 Å². The molecule has 15 heavy (non-hydrogen) atoms. The summed E-state index contributed by atoms with van der Waals surface area (Å²) in [5.41, 5.74) is -0.800. The minimum absolute atomic E-state index is 0.238. The first-order valence-electron chi connectivity index (χ1n) is 4.43. The zero-order valence-corrected chi connectivity index (χ0v) is 9.56. The van der Waals surface area contributed by atoms with Gasteiger partial charge in [0.15, 0.2) is 0 Å². The number of carbonyl (C=O) groups is 1. The molecule has 0 saturated carbocycles. The molecule has 2 nitrogen and oxygen atoms in total. The van der Waals surface area contributed by atoms with Gasteiger partial charge in [0.2, 0.25) is 0 Å². The van der Waals surface area contributed by atoms with E-state index in [0.717, 1.165) is 0 Å². The smallest absolute Gasteiger partial charge is 0.315 e. The first-order chi connectivity index (χ1) is 6.89. The maximum Gasteiger partial charge on any atom is 0.315 e. The summed E-state index contributed by atoms with van der Waals surface area (Å²) in [5, 5.41) is 0.392. The second-order valence-electron chi connectivity index (χ2n) is 3.74. The summed E-state index contributed by atoms with van der Waals surface area (Å²) in [7, 11) is 1.27. The molecule has 0 radical (unpaired) electrons. The minimum Gasteiger partial charge on any atom is -0.468 e. The number of esters is 1. The molecule has 0 unspecified atom stereocenters. The minimum atomic E-state index is -1.04. The maximum atomic E-state index is 13.5. The normalized spacial score (nSPS) is 11.3. The van der Waals surface area contributed by atoms with Crippen LogP contribution >= 0.6 is 11.6 Å². The first kappa shape index (κ1) is 12.0. The summed E-state index contributed by atoms with van der Waals surface area (Å²) in [6.45, 7) is 3.18. The molecule has 0 aliphatic heterocycles. The molecule has 0 spiro atoms. The third-order valence-electron chi connectivity index (χ3n) is 2.30. The standard InChI is InChI=1S/C11H12ClFO2/c1-11(2,10(14)15-3)8-6-7(12)4-5-9(8)13/h4-6H,1-3H3. The van der Waals surface area contributed by atoms with Gasteiger partial charge in [0.1, 0.15) is 5.82 Å². The van der Waals surface area contributed by atoms with Crippen LogP contribution in [-0.2, 0) is 14.9 Å². The average Bonchev–Trinajstić information content (AvgIpc) is 2.20. The number of halogens is 2. The van der Waals surface area contributed by atoms with Crippen molar-refractivity contribution < 1.29 is 13.9 Å². The van der Waals surface area contributed by atoms with Gasteiger partial charge in [-0.25, -0.2) is 4.39 Å². The number of hydrogen-bond donors (Lipinski definition) is 0. The van der Waals surface area contributed by atoms with Crippen LogP contribution < -0.4 is 0 Å². The Kier molecular flexibility index (Phi) is 3.35. The van der Waals surface area contributed by atoms with E-state index in [2.05, 4.69) is 4.74 Å². The number of carbonyl (C=O) groups excluding carboxylic acids is 1. The summed E-state index contributed by atoms with van der Waals surface area (Å²) < 4.78 is 18.1. The highest BCUT2D eigenvalue weighted by atomic mass is 35.5. The number of methoxy groups -OCH3 is 1. The highest BCUT2D eigenvalue weighted by Crippen LogP contribution is 2.29. The monoisotopic (exact) mass is 230 g/mol. The molecule has 4 heteroatoms. The van der Waals surface area contributed by atoms with Crippen LogP contribution in [0.1, 0.15) is 19.4 Å². The fraction of sp³-hybridized carbons (Fsp3) is 0.364.